The number of ketones is 2. The van der Waals surface area contributed by atoms with Crippen LogP contribution in [-0.2, 0) is 117 Å². The molecule has 45 heteroatoms. The summed E-state index contributed by atoms with van der Waals surface area (Å²) < 4.78 is 89.0. The van der Waals surface area contributed by atoms with Gasteiger partial charge in [0.05, 0.1) is 88.3 Å². The number of carboxylic acids is 1. The fourth-order valence-electron chi connectivity index (χ4n) is 16.2. The number of Topliss-reactive ketones (excluding diaryl/α,β-unsaturated/α-hetero) is 1. The first-order valence-corrected chi connectivity index (χ1v) is 42.6. The van der Waals surface area contributed by atoms with E-state index in [2.05, 4.69) is 9.63 Å². The van der Waals surface area contributed by atoms with Crippen molar-refractivity contribution < 1.29 is 137 Å². The number of thiophene rings is 1. The van der Waals surface area contributed by atoms with Crippen LogP contribution in [0.2, 0.25) is 0 Å². The number of rotatable bonds is 38. The van der Waals surface area contributed by atoms with E-state index in [1.165, 1.54) is 120 Å². The number of carboxylic acid groups (broad SMARTS) is 1. The fourth-order valence-corrected chi connectivity index (χ4v) is 19.2. The zero-order chi connectivity index (χ0) is 92.0. The molecule has 6 N–H and O–H groups in total. The maximum atomic E-state index is 18.3. The molecule has 1 aromatic heterocycles. The molecule has 12 atom stereocenters. The molecule has 0 bridgehead atoms. The quantitative estimate of drug-likeness (QED) is 0.0212. The molecule has 4 aliphatic carbocycles. The van der Waals surface area contributed by atoms with Crippen molar-refractivity contribution in [1.82, 2.24) is 54.3 Å². The van der Waals surface area contributed by atoms with Crippen LogP contribution in [0.25, 0.3) is 0 Å². The standard InChI is InChI=1S/C79H101F2N13O27P2S/c1-76-25-24-50(95)31-55(76)56(80)32-54-53-33-60-79(77(53,2)34-58(96)78(54,76)81,120-75(119-60)57-20-19-51(124-57)29-46-14-13-15-48(82)28-46)59(97)45-118-123(115,116)121-122(113,114)117-27-26-83-61(98)21-17-47-16-18-49(94-62(99)22-23-63(94)100)30-52(47)74(112)93(12)43-72(109)91(10)41-70(107)89(8)39-68(105)87(6)37-66(103)85(4)35-64(101)84(3)36-65(102)86(5)38-67(104)88(7)40-69(106)90(9)42-71(108)92(11)44-73(110)111/h13-16,18-20,22-25,28,30-31,53-54,56,58,60,75,96H,17,21,26-27,29,32-45,82H2,1-12H3,(H,83,98)(H,110,111)(H,113,114)(H,115,116)/p-1/t53-,54-,56-,58-,60+,75+,76-,77-,78-,79+/m0/s1. The van der Waals surface area contributed by atoms with Gasteiger partial charge in [0, 0.05) is 135 Å². The van der Waals surface area contributed by atoms with Crippen LogP contribution in [0.4, 0.5) is 20.2 Å². The topological polar surface area (TPSA) is 511 Å². The fraction of sp³-hybridized carbons (Fsp3) is 0.519. The first kappa shape index (κ1) is 97.1. The maximum Gasteiger partial charge on any atom is 0.478 e. The second-order valence-corrected chi connectivity index (χ2v) is 36.2. The van der Waals surface area contributed by atoms with Crippen molar-refractivity contribution in [2.45, 2.75) is 88.3 Å². The van der Waals surface area contributed by atoms with Crippen molar-refractivity contribution in [2.75, 3.05) is 166 Å². The van der Waals surface area contributed by atoms with E-state index in [4.69, 9.17) is 29.4 Å². The van der Waals surface area contributed by atoms with E-state index < -0.39 is 273 Å². The number of benzene rings is 2. The highest BCUT2D eigenvalue weighted by molar-refractivity contribution is 7.60. The van der Waals surface area contributed by atoms with E-state index in [-0.39, 0.29) is 35.2 Å². The number of fused-ring (bicyclic) bond motifs is 7. The number of anilines is 2. The van der Waals surface area contributed by atoms with E-state index >= 15 is 13.6 Å². The largest absolute Gasteiger partial charge is 0.756 e. The maximum absolute atomic E-state index is 18.3. The molecule has 674 valence electrons. The van der Waals surface area contributed by atoms with Crippen molar-refractivity contribution in [3.8, 4) is 0 Å². The number of aliphatic hydroxyl groups is 1. The lowest BCUT2D eigenvalue weighted by molar-refractivity contribution is -0.236. The number of nitrogens with one attached hydrogen (secondary N) is 1. The lowest BCUT2D eigenvalue weighted by Gasteiger charge is -2.63. The normalized spacial score (nSPS) is 23.7. The third kappa shape index (κ3) is 21.8. The number of halogens is 2. The van der Waals surface area contributed by atoms with E-state index in [0.717, 1.165) is 88.6 Å². The van der Waals surface area contributed by atoms with Crippen LogP contribution in [0.15, 0.2) is 90.6 Å². The monoisotopic (exact) mass is 1790 g/mol. The number of likely N-dealkylation sites (N-methyl/N-ethyl adjacent to an activating group) is 10. The Labute approximate surface area is 715 Å². The van der Waals surface area contributed by atoms with Crippen LogP contribution in [0.1, 0.15) is 77.1 Å². The number of amides is 13. The SMILES string of the molecule is CN(CC(=O)O)C(=O)CN(C)C(=O)CN(C)C(=O)CN(C)C(=O)CN(C)C(=O)CN(C)C(=O)CN(C)C(=O)CN(C)C(=O)CN(C)C(=O)CN(C)C(=O)c1cc(N2C(=O)C=CC2=O)ccc1CCC(=O)NCCOP(=O)(O)OP(=O)([O-])OCC(=O)[C@@]12O[C@H](c3ccc(Cc4cccc(N)c4)s3)O[C@@H]1C[C@H]1[C@@H]3C[C@H](F)C4=CC(=O)C=C[C@]4(C)[C@@]3(F)[C@@H](O)C[C@@]12C. The highest BCUT2D eigenvalue weighted by atomic mass is 32.1. The van der Waals surface area contributed by atoms with Crippen molar-refractivity contribution in [3.05, 3.63) is 117 Å². The molecule has 4 fully saturated rings. The van der Waals surface area contributed by atoms with E-state index in [9.17, 15) is 95.9 Å². The highest BCUT2D eigenvalue weighted by Gasteiger charge is 2.80. The van der Waals surface area contributed by atoms with Gasteiger partial charge in [0.1, 0.15) is 19.3 Å². The van der Waals surface area contributed by atoms with Gasteiger partial charge in [0.15, 0.2) is 29.1 Å². The minimum absolute atomic E-state index is 0.0767. The molecule has 2 unspecified atom stereocenters. The van der Waals surface area contributed by atoms with Crippen LogP contribution in [0, 0.1) is 22.7 Å². The van der Waals surface area contributed by atoms with Crippen molar-refractivity contribution >= 4 is 133 Å². The summed E-state index contributed by atoms with van der Waals surface area (Å²) in [5, 5.41) is 23.5. The average Bonchev–Trinajstić information content (AvgIpc) is 1.46. The number of phosphoric acid groups is 2. The number of imide groups is 1. The molecule has 40 nitrogen and oxygen atoms in total. The minimum atomic E-state index is -6.06. The second-order valence-electron chi connectivity index (χ2n) is 32.0. The van der Waals surface area contributed by atoms with E-state index in [1.54, 1.807) is 30.3 Å². The summed E-state index contributed by atoms with van der Waals surface area (Å²) in [6.07, 6.45) is -2.55. The smallest absolute Gasteiger partial charge is 0.478 e. The number of ether oxygens (including phenoxy) is 2. The number of nitrogens with zero attached hydrogens (tertiary/aromatic N) is 11. The average molecular weight is 1800 g/mol. The summed E-state index contributed by atoms with van der Waals surface area (Å²) >= 11 is 1.26. The Kier molecular flexibility index (Phi) is 30.7. The number of alkyl halides is 2. The minimum Gasteiger partial charge on any atom is -0.756 e. The number of hydrogen-bond donors (Lipinski definition) is 5. The zero-order valence-corrected chi connectivity index (χ0v) is 72.8. The molecular formula is C79H100F2N13O27P2S-. The van der Waals surface area contributed by atoms with Gasteiger partial charge in [-0.25, -0.2) is 22.6 Å². The molecule has 0 spiro atoms. The molecule has 0 radical (unpaired) electrons. The number of aliphatic carboxylic acids is 1. The molecule has 2 aliphatic heterocycles. The number of aliphatic hydroxyl groups excluding tert-OH is 1. The van der Waals surface area contributed by atoms with Gasteiger partial charge >= 0.3 is 13.8 Å². The molecule has 124 heavy (non-hydrogen) atoms. The van der Waals surface area contributed by atoms with Gasteiger partial charge in [-0.3, -0.25) is 85.8 Å². The number of nitrogen functional groups attached to an aromatic ring is 1. The number of hydrogen-bond acceptors (Lipinski definition) is 27. The predicted molar refractivity (Wildman–Crippen MR) is 432 cm³/mol. The molecule has 3 saturated carbocycles. The van der Waals surface area contributed by atoms with Crippen molar-refractivity contribution in [2.24, 2.45) is 22.7 Å². The van der Waals surface area contributed by atoms with Crippen LogP contribution >= 0.6 is 27.0 Å². The van der Waals surface area contributed by atoms with Crippen LogP contribution < -0.4 is 20.8 Å². The lowest BCUT2D eigenvalue weighted by atomic mass is 9.44. The van der Waals surface area contributed by atoms with Crippen LogP contribution in [0.5, 0.6) is 0 Å². The van der Waals surface area contributed by atoms with Crippen molar-refractivity contribution in [1.29, 1.82) is 0 Å². The van der Waals surface area contributed by atoms with Gasteiger partial charge in [-0.1, -0.05) is 31.2 Å². The Balaban J connectivity index is 0.734. The van der Waals surface area contributed by atoms with Gasteiger partial charge in [-0.05, 0) is 104 Å². The molecule has 1 saturated heterocycles. The molecule has 13 amide bonds. The molecule has 3 aromatic rings. The third-order valence-corrected chi connectivity index (χ3v) is 26.9. The lowest BCUT2D eigenvalue weighted by Crippen LogP contribution is -2.70. The summed E-state index contributed by atoms with van der Waals surface area (Å²) in [5.41, 5.74) is -1.21. The summed E-state index contributed by atoms with van der Waals surface area (Å²) in [4.78, 5) is 245. The Bertz CT molecular complexity index is 4960. The molecular weight excluding hydrogens is 1690 g/mol. The summed E-state index contributed by atoms with van der Waals surface area (Å²) in [6.45, 7) is -5.69. The molecule has 3 heterocycles. The van der Waals surface area contributed by atoms with Gasteiger partial charge in [0.2, 0.25) is 59.1 Å². The van der Waals surface area contributed by atoms with E-state index in [0.29, 0.717) is 17.0 Å². The summed E-state index contributed by atoms with van der Waals surface area (Å²) in [7, 11) is 0.756. The van der Waals surface area contributed by atoms with Crippen LogP contribution in [-0.4, -0.2) is 344 Å². The van der Waals surface area contributed by atoms with Crippen molar-refractivity contribution in [3.63, 3.8) is 0 Å². The Morgan fingerprint density at radius 1 is 0.653 bits per heavy atom. The number of allylic oxidation sites excluding steroid dienone is 4. The van der Waals surface area contributed by atoms with Crippen LogP contribution in [0.3, 0.4) is 0 Å². The van der Waals surface area contributed by atoms with Gasteiger partial charge in [0.25, 0.3) is 25.5 Å². The predicted octanol–water partition coefficient (Wildman–Crippen LogP) is -0.349. The number of phosphoric ester groups is 2. The van der Waals surface area contributed by atoms with Gasteiger partial charge in [-0.15, -0.1) is 11.3 Å². The van der Waals surface area contributed by atoms with Gasteiger partial charge in [-0.2, -0.15) is 0 Å². The zero-order valence-electron chi connectivity index (χ0n) is 70.2. The number of nitrogens with two attached hydrogens (primary N) is 1. The molecule has 9 rings (SSSR count). The third-order valence-electron chi connectivity index (χ3n) is 23.2. The molecule has 6 aliphatic rings. The molecule has 2 aromatic carbocycles. The van der Waals surface area contributed by atoms with Gasteiger partial charge < -0.3 is 94.0 Å². The highest BCUT2D eigenvalue weighted by Crippen LogP contribution is 2.73. The first-order chi connectivity index (χ1) is 57.8. The Morgan fingerprint density at radius 3 is 1.64 bits per heavy atom. The first-order valence-electron chi connectivity index (χ1n) is 38.8. The summed E-state index contributed by atoms with van der Waals surface area (Å²) in [5.74, 6) is -15.0. The number of carbonyl (C=O) groups excluding carboxylic acids is 15. The number of aryl methyl sites for hydroxylation is 1. The Morgan fingerprint density at radius 2 is 1.15 bits per heavy atom. The van der Waals surface area contributed by atoms with E-state index in [1.807, 2.05) is 6.07 Å². The summed E-state index contributed by atoms with van der Waals surface area (Å²) in [6, 6.07) is 14.5. The second kappa shape index (κ2) is 39.2. The number of carbonyl (C=O) groups is 16. The Hall–Kier alpha value is -10.7.